The average molecular weight is 346 g/mol. The molecule has 0 aliphatic heterocycles. The number of unbranched alkanes of at least 4 members (excludes halogenated alkanes) is 8. The van der Waals surface area contributed by atoms with Crippen molar-refractivity contribution in [2.45, 2.75) is 91.3 Å². The Hall–Kier alpha value is -1.35. The van der Waals surface area contributed by atoms with Crippen molar-refractivity contribution in [3.05, 3.63) is 30.6 Å². The van der Waals surface area contributed by atoms with Crippen molar-refractivity contribution in [2.75, 3.05) is 6.61 Å². The van der Waals surface area contributed by atoms with E-state index >= 15 is 0 Å². The van der Waals surface area contributed by atoms with Gasteiger partial charge in [-0.2, -0.15) is 0 Å². The Morgan fingerprint density at radius 3 is 2.32 bits per heavy atom. The topological polar surface area (TPSA) is 18.0 Å². The van der Waals surface area contributed by atoms with Crippen molar-refractivity contribution in [1.82, 2.24) is 4.57 Å². The molecular weight excluding hydrogens is 308 g/mol. The van der Waals surface area contributed by atoms with E-state index in [9.17, 15) is 0 Å². The number of nitrogens with zero attached hydrogens (tertiary/aromatic N) is 2. The van der Waals surface area contributed by atoms with E-state index in [0.717, 1.165) is 13.2 Å². The number of benzene rings is 1. The first-order valence-corrected chi connectivity index (χ1v) is 10.4. The standard InChI is InChI=1S/C22H37N2O/c1-3-5-7-9-10-13-17-23-19-24(20-25-18-14-8-6-4-2)22-16-12-11-15-21(22)23/h11-12,15-16,19H,3-10,13-14,17-18,20H2,1-2H3/q+1. The van der Waals surface area contributed by atoms with Crippen LogP contribution in [0.4, 0.5) is 0 Å². The van der Waals surface area contributed by atoms with Crippen molar-refractivity contribution in [3.63, 3.8) is 0 Å². The minimum Gasteiger partial charge on any atom is -0.342 e. The molecule has 0 spiro atoms. The van der Waals surface area contributed by atoms with Gasteiger partial charge in [-0.1, -0.05) is 70.9 Å². The third kappa shape index (κ3) is 6.81. The fourth-order valence-corrected chi connectivity index (χ4v) is 3.38. The number of aromatic nitrogens is 2. The van der Waals surface area contributed by atoms with Crippen molar-refractivity contribution in [2.24, 2.45) is 0 Å². The Morgan fingerprint density at radius 2 is 1.52 bits per heavy atom. The van der Waals surface area contributed by atoms with Crippen LogP contribution < -0.4 is 4.57 Å². The normalized spacial score (nSPS) is 11.4. The van der Waals surface area contributed by atoms with Crippen LogP contribution in [0.15, 0.2) is 30.6 Å². The van der Waals surface area contributed by atoms with Gasteiger partial charge in [0.25, 0.3) is 0 Å². The van der Waals surface area contributed by atoms with E-state index in [0.29, 0.717) is 6.73 Å². The van der Waals surface area contributed by atoms with Gasteiger partial charge in [0.15, 0.2) is 17.8 Å². The van der Waals surface area contributed by atoms with Crippen LogP contribution in [0.3, 0.4) is 0 Å². The van der Waals surface area contributed by atoms with Gasteiger partial charge in [0, 0.05) is 0 Å². The van der Waals surface area contributed by atoms with E-state index in [1.165, 1.54) is 75.2 Å². The summed E-state index contributed by atoms with van der Waals surface area (Å²) < 4.78 is 10.6. The van der Waals surface area contributed by atoms with E-state index in [-0.39, 0.29) is 0 Å². The predicted molar refractivity (Wildman–Crippen MR) is 106 cm³/mol. The number of rotatable bonds is 14. The first-order chi connectivity index (χ1) is 12.4. The maximum Gasteiger partial charge on any atom is 0.246 e. The smallest absolute Gasteiger partial charge is 0.246 e. The molecule has 1 aromatic heterocycles. The molecule has 0 atom stereocenters. The average Bonchev–Trinajstić information content (AvgIpc) is 2.99. The van der Waals surface area contributed by atoms with E-state index in [4.69, 9.17) is 4.74 Å². The first-order valence-electron chi connectivity index (χ1n) is 10.4. The number of hydrogen-bond donors (Lipinski definition) is 0. The zero-order chi connectivity index (χ0) is 17.7. The summed E-state index contributed by atoms with van der Waals surface area (Å²) in [7, 11) is 0. The fourth-order valence-electron chi connectivity index (χ4n) is 3.38. The van der Waals surface area contributed by atoms with Gasteiger partial charge in [0.1, 0.15) is 0 Å². The van der Waals surface area contributed by atoms with Crippen molar-refractivity contribution in [3.8, 4) is 0 Å². The molecule has 3 heteroatoms. The Labute approximate surface area is 154 Å². The van der Waals surface area contributed by atoms with Crippen LogP contribution in [0.5, 0.6) is 0 Å². The molecule has 0 bridgehead atoms. The highest BCUT2D eigenvalue weighted by atomic mass is 16.5. The minimum absolute atomic E-state index is 0.663. The summed E-state index contributed by atoms with van der Waals surface area (Å²) in [5, 5.41) is 0. The molecule has 0 amide bonds. The molecule has 0 aliphatic rings. The molecular formula is C22H37N2O+. The van der Waals surface area contributed by atoms with Crippen LogP contribution in [0.2, 0.25) is 0 Å². The van der Waals surface area contributed by atoms with Gasteiger partial charge in [-0.3, -0.25) is 0 Å². The summed E-state index contributed by atoms with van der Waals surface area (Å²) in [5.74, 6) is 0. The second-order valence-corrected chi connectivity index (χ2v) is 7.13. The first kappa shape index (κ1) is 20.0. The number of hydrogen-bond acceptors (Lipinski definition) is 1. The van der Waals surface area contributed by atoms with Crippen LogP contribution >= 0.6 is 0 Å². The van der Waals surface area contributed by atoms with Gasteiger partial charge in [-0.05, 0) is 31.4 Å². The lowest BCUT2D eigenvalue weighted by Gasteiger charge is -2.01. The Morgan fingerprint density at radius 1 is 0.840 bits per heavy atom. The highest BCUT2D eigenvalue weighted by Gasteiger charge is 2.14. The van der Waals surface area contributed by atoms with Crippen molar-refractivity contribution < 1.29 is 9.30 Å². The third-order valence-corrected chi connectivity index (χ3v) is 4.90. The molecule has 1 heterocycles. The lowest BCUT2D eigenvalue weighted by Crippen LogP contribution is -2.34. The number of para-hydroxylation sites is 2. The van der Waals surface area contributed by atoms with E-state index in [2.05, 4.69) is 53.6 Å². The van der Waals surface area contributed by atoms with Gasteiger partial charge in [0.2, 0.25) is 6.33 Å². The van der Waals surface area contributed by atoms with Crippen molar-refractivity contribution >= 4 is 11.0 Å². The summed E-state index contributed by atoms with van der Waals surface area (Å²) in [6, 6.07) is 8.68. The van der Waals surface area contributed by atoms with Crippen LogP contribution in [-0.2, 0) is 18.0 Å². The summed E-state index contributed by atoms with van der Waals surface area (Å²) in [6.07, 6.45) is 15.3. The number of ether oxygens (including phenoxy) is 1. The zero-order valence-corrected chi connectivity index (χ0v) is 16.4. The van der Waals surface area contributed by atoms with Crippen LogP contribution in [0, 0.1) is 0 Å². The molecule has 1 aromatic carbocycles. The van der Waals surface area contributed by atoms with Gasteiger partial charge < -0.3 is 4.74 Å². The molecule has 0 saturated carbocycles. The lowest BCUT2D eigenvalue weighted by molar-refractivity contribution is -0.710. The summed E-state index contributed by atoms with van der Waals surface area (Å²) >= 11 is 0. The summed E-state index contributed by atoms with van der Waals surface area (Å²) in [6.45, 7) is 7.15. The molecule has 0 unspecified atom stereocenters. The maximum atomic E-state index is 5.91. The molecule has 2 rings (SSSR count). The quantitative estimate of drug-likeness (QED) is 0.310. The van der Waals surface area contributed by atoms with Gasteiger partial charge in [0.05, 0.1) is 13.2 Å². The molecule has 0 saturated heterocycles. The fraction of sp³-hybridized carbons (Fsp3) is 0.682. The molecule has 140 valence electrons. The highest BCUT2D eigenvalue weighted by molar-refractivity contribution is 5.71. The molecule has 0 aliphatic carbocycles. The number of imidazole rings is 1. The number of aryl methyl sites for hydroxylation is 1. The lowest BCUT2D eigenvalue weighted by atomic mass is 10.1. The Kier molecular flexibility index (Phi) is 9.65. The van der Waals surface area contributed by atoms with Crippen molar-refractivity contribution in [1.29, 1.82) is 0 Å². The molecule has 0 N–H and O–H groups in total. The molecule has 0 radical (unpaired) electrons. The Balaban J connectivity index is 1.84. The molecule has 0 fully saturated rings. The third-order valence-electron chi connectivity index (χ3n) is 4.90. The molecule has 2 aromatic rings. The largest absolute Gasteiger partial charge is 0.342 e. The Bertz CT molecular complexity index is 541. The second-order valence-electron chi connectivity index (χ2n) is 7.13. The maximum absolute atomic E-state index is 5.91. The molecule has 3 nitrogen and oxygen atoms in total. The summed E-state index contributed by atoms with van der Waals surface area (Å²) in [5.41, 5.74) is 2.60. The van der Waals surface area contributed by atoms with Gasteiger partial charge >= 0.3 is 0 Å². The van der Waals surface area contributed by atoms with E-state index < -0.39 is 0 Å². The SMILES string of the molecule is CCCCCCCCn1c[n+](COCCCCCC)c2ccccc21. The highest BCUT2D eigenvalue weighted by Crippen LogP contribution is 2.13. The zero-order valence-electron chi connectivity index (χ0n) is 16.4. The second kappa shape index (κ2) is 12.1. The van der Waals surface area contributed by atoms with E-state index in [1.807, 2.05) is 0 Å². The van der Waals surface area contributed by atoms with Crippen LogP contribution in [0.25, 0.3) is 11.0 Å². The summed E-state index contributed by atoms with van der Waals surface area (Å²) in [4.78, 5) is 0. The number of fused-ring (bicyclic) bond motifs is 1. The van der Waals surface area contributed by atoms with Gasteiger partial charge in [-0.15, -0.1) is 0 Å². The van der Waals surface area contributed by atoms with Crippen LogP contribution in [0.1, 0.15) is 78.1 Å². The predicted octanol–water partition coefficient (Wildman–Crippen LogP) is 5.84. The molecule has 25 heavy (non-hydrogen) atoms. The minimum atomic E-state index is 0.663. The monoisotopic (exact) mass is 345 g/mol. The van der Waals surface area contributed by atoms with Gasteiger partial charge in [-0.25, -0.2) is 9.13 Å². The van der Waals surface area contributed by atoms with E-state index in [1.54, 1.807) is 0 Å². The van der Waals surface area contributed by atoms with Crippen LogP contribution in [-0.4, -0.2) is 11.2 Å².